The minimum atomic E-state index is -3.59. The molecule has 2 aromatic carbocycles. The Morgan fingerprint density at radius 2 is 1.59 bits per heavy atom. The average molecular weight is 419 g/mol. The van der Waals surface area contributed by atoms with Crippen LogP contribution in [0.5, 0.6) is 11.5 Å². The number of carbonyl (C=O) groups is 2. The van der Waals surface area contributed by atoms with Crippen LogP contribution in [0, 0.1) is 0 Å². The number of hydrogen-bond acceptors (Lipinski definition) is 7. The van der Waals surface area contributed by atoms with Crippen molar-refractivity contribution in [1.29, 1.82) is 0 Å². The molecule has 0 amide bonds. The molecule has 1 heterocycles. The topological polar surface area (TPSA) is 99.2 Å². The first-order valence-electron chi connectivity index (χ1n) is 8.91. The van der Waals surface area contributed by atoms with Crippen molar-refractivity contribution in [3.05, 3.63) is 53.6 Å². The van der Waals surface area contributed by atoms with Gasteiger partial charge in [0.1, 0.15) is 0 Å². The van der Waals surface area contributed by atoms with E-state index < -0.39 is 22.6 Å². The molecule has 0 unspecified atom stereocenters. The van der Waals surface area contributed by atoms with Crippen molar-refractivity contribution in [3.63, 3.8) is 0 Å². The monoisotopic (exact) mass is 419 g/mol. The molecule has 1 aliphatic heterocycles. The van der Waals surface area contributed by atoms with E-state index in [2.05, 4.69) is 0 Å². The van der Waals surface area contributed by atoms with Crippen LogP contribution < -0.4 is 9.47 Å². The van der Waals surface area contributed by atoms with Gasteiger partial charge in [0.25, 0.3) is 0 Å². The van der Waals surface area contributed by atoms with Crippen molar-refractivity contribution in [2.75, 3.05) is 33.9 Å². The lowest BCUT2D eigenvalue weighted by Crippen LogP contribution is -2.22. The van der Waals surface area contributed by atoms with Crippen LogP contribution in [0.15, 0.2) is 47.4 Å². The highest BCUT2D eigenvalue weighted by Crippen LogP contribution is 2.30. The summed E-state index contributed by atoms with van der Waals surface area (Å²) in [5, 5.41) is 0. The van der Waals surface area contributed by atoms with Crippen molar-refractivity contribution in [1.82, 2.24) is 4.31 Å². The Kier molecular flexibility index (Phi) is 6.19. The van der Waals surface area contributed by atoms with Gasteiger partial charge in [0.15, 0.2) is 23.9 Å². The number of ketones is 1. The Labute approximate surface area is 169 Å². The molecule has 0 bridgehead atoms. The lowest BCUT2D eigenvalue weighted by Gasteiger charge is -2.11. The highest BCUT2D eigenvalue weighted by atomic mass is 32.2. The van der Waals surface area contributed by atoms with Gasteiger partial charge in [0.05, 0.1) is 23.7 Å². The number of Topliss-reactive ketones (excluding diaryl/α,β-unsaturated/α-hetero) is 1. The number of carbonyl (C=O) groups excluding carboxylic acids is 2. The second-order valence-electron chi connectivity index (χ2n) is 6.52. The van der Waals surface area contributed by atoms with Crippen LogP contribution in [0.3, 0.4) is 0 Å². The van der Waals surface area contributed by atoms with E-state index in [-0.39, 0.29) is 16.2 Å². The molecule has 0 aliphatic carbocycles. The van der Waals surface area contributed by atoms with E-state index >= 15 is 0 Å². The van der Waals surface area contributed by atoms with Gasteiger partial charge in [-0.1, -0.05) is 0 Å². The maximum atomic E-state index is 12.4. The minimum absolute atomic E-state index is 0.0577. The van der Waals surface area contributed by atoms with Crippen LogP contribution >= 0.6 is 0 Å². The third-order valence-electron chi connectivity index (χ3n) is 4.27. The maximum Gasteiger partial charge on any atom is 0.338 e. The van der Waals surface area contributed by atoms with Gasteiger partial charge in [0.2, 0.25) is 10.0 Å². The van der Waals surface area contributed by atoms with E-state index in [0.717, 1.165) is 10.7 Å². The fourth-order valence-corrected chi connectivity index (χ4v) is 3.51. The molecule has 8 nitrogen and oxygen atoms in total. The van der Waals surface area contributed by atoms with Gasteiger partial charge in [-0.2, -0.15) is 0 Å². The highest BCUT2D eigenvalue weighted by molar-refractivity contribution is 7.89. The van der Waals surface area contributed by atoms with Crippen LogP contribution in [0.1, 0.15) is 27.1 Å². The zero-order chi connectivity index (χ0) is 21.0. The first-order valence-corrected chi connectivity index (χ1v) is 10.4. The Bertz CT molecular complexity index is 1010. The quantitative estimate of drug-likeness (QED) is 0.522. The molecule has 154 valence electrons. The van der Waals surface area contributed by atoms with Crippen LogP contribution in [0.2, 0.25) is 0 Å². The maximum absolute atomic E-state index is 12.4. The second-order valence-corrected chi connectivity index (χ2v) is 8.67. The lowest BCUT2D eigenvalue weighted by atomic mass is 10.1. The molecular weight excluding hydrogens is 398 g/mol. The first-order chi connectivity index (χ1) is 13.8. The summed E-state index contributed by atoms with van der Waals surface area (Å²) in [6, 6.07) is 10.1. The first kappa shape index (κ1) is 20.8. The predicted molar refractivity (Wildman–Crippen MR) is 104 cm³/mol. The molecule has 0 radical (unpaired) electrons. The summed E-state index contributed by atoms with van der Waals surface area (Å²) < 4.78 is 41.3. The van der Waals surface area contributed by atoms with E-state index in [4.69, 9.17) is 14.2 Å². The fraction of sp³-hybridized carbons (Fsp3) is 0.300. The number of hydrogen-bond donors (Lipinski definition) is 0. The predicted octanol–water partition coefficient (Wildman–Crippen LogP) is 2.14. The molecule has 29 heavy (non-hydrogen) atoms. The van der Waals surface area contributed by atoms with Gasteiger partial charge in [-0.05, 0) is 42.5 Å². The van der Waals surface area contributed by atoms with E-state index in [1.165, 1.54) is 38.4 Å². The molecule has 0 saturated carbocycles. The number of ether oxygens (including phenoxy) is 3. The van der Waals surface area contributed by atoms with Gasteiger partial charge < -0.3 is 14.2 Å². The molecule has 1 aliphatic rings. The van der Waals surface area contributed by atoms with Crippen LogP contribution in [0.25, 0.3) is 0 Å². The molecule has 2 aromatic rings. The molecule has 9 heteroatoms. The van der Waals surface area contributed by atoms with Crippen molar-refractivity contribution < 1.29 is 32.2 Å². The molecule has 0 saturated heterocycles. The molecule has 3 rings (SSSR count). The van der Waals surface area contributed by atoms with Crippen LogP contribution in [-0.2, 0) is 14.8 Å². The number of esters is 1. The summed E-state index contributed by atoms with van der Waals surface area (Å²) in [5.74, 6) is -0.0523. The molecule has 0 N–H and O–H groups in total. The largest absolute Gasteiger partial charge is 0.490 e. The fourth-order valence-electron chi connectivity index (χ4n) is 2.61. The summed E-state index contributed by atoms with van der Waals surface area (Å²) in [4.78, 5) is 24.6. The van der Waals surface area contributed by atoms with Crippen LogP contribution in [0.4, 0.5) is 0 Å². The molecule has 0 atom stereocenters. The van der Waals surface area contributed by atoms with E-state index in [1.54, 1.807) is 18.2 Å². The van der Waals surface area contributed by atoms with Gasteiger partial charge in [0, 0.05) is 26.1 Å². The van der Waals surface area contributed by atoms with Gasteiger partial charge in [-0.25, -0.2) is 17.5 Å². The summed E-state index contributed by atoms with van der Waals surface area (Å²) in [5.41, 5.74) is 0.489. The Morgan fingerprint density at radius 3 is 2.24 bits per heavy atom. The second kappa shape index (κ2) is 8.62. The van der Waals surface area contributed by atoms with Crippen molar-refractivity contribution >= 4 is 21.8 Å². The zero-order valence-electron chi connectivity index (χ0n) is 16.1. The number of nitrogens with zero attached hydrogens (tertiary/aromatic N) is 1. The third-order valence-corrected chi connectivity index (χ3v) is 6.10. The number of benzene rings is 2. The summed E-state index contributed by atoms with van der Waals surface area (Å²) >= 11 is 0. The molecule has 0 spiro atoms. The smallest absolute Gasteiger partial charge is 0.338 e. The lowest BCUT2D eigenvalue weighted by molar-refractivity contribution is 0.0474. The van der Waals surface area contributed by atoms with E-state index in [1.807, 2.05) is 0 Å². The van der Waals surface area contributed by atoms with Gasteiger partial charge in [-0.15, -0.1) is 0 Å². The summed E-state index contributed by atoms with van der Waals surface area (Å²) in [6.45, 7) is 0.599. The number of fused-ring (bicyclic) bond motifs is 1. The SMILES string of the molecule is CN(C)S(=O)(=O)c1ccc(C(=O)OCC(=O)c2ccc3c(c2)OCCCO3)cc1. The zero-order valence-corrected chi connectivity index (χ0v) is 16.9. The minimum Gasteiger partial charge on any atom is -0.490 e. The Hall–Kier alpha value is -2.91. The van der Waals surface area contributed by atoms with Crippen LogP contribution in [-0.4, -0.2) is 58.4 Å². The Balaban J connectivity index is 1.63. The molecular formula is C20H21NO7S. The van der Waals surface area contributed by atoms with E-state index in [9.17, 15) is 18.0 Å². The highest BCUT2D eigenvalue weighted by Gasteiger charge is 2.19. The summed E-state index contributed by atoms with van der Waals surface area (Å²) in [6.07, 6.45) is 0.754. The van der Waals surface area contributed by atoms with E-state index in [0.29, 0.717) is 30.3 Å². The van der Waals surface area contributed by atoms with Crippen molar-refractivity contribution in [2.45, 2.75) is 11.3 Å². The number of sulfonamides is 1. The number of rotatable bonds is 6. The summed E-state index contributed by atoms with van der Waals surface area (Å²) in [7, 11) is -0.748. The molecule has 0 fully saturated rings. The standard InChI is InChI=1S/C20H21NO7S/c1-21(2)29(24,25)16-7-4-14(5-8-16)20(23)28-13-17(22)15-6-9-18-19(12-15)27-11-3-10-26-18/h4-9,12H,3,10-11,13H2,1-2H3. The van der Waals surface area contributed by atoms with Crippen molar-refractivity contribution in [3.8, 4) is 11.5 Å². The van der Waals surface area contributed by atoms with Gasteiger partial charge in [-0.3, -0.25) is 4.79 Å². The third kappa shape index (κ3) is 4.75. The van der Waals surface area contributed by atoms with Gasteiger partial charge >= 0.3 is 5.97 Å². The normalized spacial score (nSPS) is 13.6. The average Bonchev–Trinajstić information content (AvgIpc) is 2.96. The molecule has 0 aromatic heterocycles. The van der Waals surface area contributed by atoms with Crippen molar-refractivity contribution in [2.24, 2.45) is 0 Å². The Morgan fingerprint density at radius 1 is 0.966 bits per heavy atom.